The molecule has 14 nitrogen and oxygen atoms in total. The van der Waals surface area contributed by atoms with Crippen LogP contribution in [0.5, 0.6) is 0 Å². The second-order valence-corrected chi connectivity index (χ2v) is 19.6. The van der Waals surface area contributed by atoms with Crippen LogP contribution in [0.4, 0.5) is 0 Å². The molecule has 8 rings (SSSR count). The minimum atomic E-state index is -1.73. The normalized spacial score (nSPS) is 56.6. The Hall–Kier alpha value is -1.27. The highest BCUT2D eigenvalue weighted by molar-refractivity contribution is 5.88. The minimum absolute atomic E-state index is 0.00114. The highest BCUT2D eigenvalue weighted by Crippen LogP contribution is 2.89. The molecule has 0 radical (unpaired) electrons. The van der Waals surface area contributed by atoms with E-state index in [9.17, 15) is 45.6 Å². The van der Waals surface area contributed by atoms with Gasteiger partial charge < -0.3 is 64.5 Å². The summed E-state index contributed by atoms with van der Waals surface area (Å²) in [4.78, 5) is 12.5. The number of carbonyl (C=O) groups excluding carboxylic acids is 1. The highest BCUT2D eigenvalue weighted by Gasteiger charge is 2.83. The van der Waals surface area contributed by atoms with Crippen LogP contribution >= 0.6 is 0 Å². The molecule has 0 aromatic rings. The van der Waals surface area contributed by atoms with Crippen LogP contribution in [0.3, 0.4) is 0 Å². The maximum absolute atomic E-state index is 12.5. The van der Waals surface area contributed by atoms with Gasteiger partial charge in [0.25, 0.3) is 0 Å². The highest BCUT2D eigenvalue weighted by atomic mass is 16.8. The van der Waals surface area contributed by atoms with Gasteiger partial charge in [0.2, 0.25) is 0 Å². The molecule has 8 aliphatic rings. The number of hydrogen-bond donors (Lipinski definition) is 8. The Morgan fingerprint density at radius 3 is 2.24 bits per heavy atom. The quantitative estimate of drug-likeness (QED) is 0.127. The molecule has 55 heavy (non-hydrogen) atoms. The summed E-state index contributed by atoms with van der Waals surface area (Å²) in [5.74, 6) is 0.273. The van der Waals surface area contributed by atoms with E-state index in [2.05, 4.69) is 27.7 Å². The molecule has 0 aromatic heterocycles. The summed E-state index contributed by atoms with van der Waals surface area (Å²) in [7, 11) is 0. The molecule has 5 saturated carbocycles. The first-order valence-electron chi connectivity index (χ1n) is 20.7. The van der Waals surface area contributed by atoms with Gasteiger partial charge >= 0.3 is 5.97 Å². The molecule has 0 unspecified atom stereocenters. The van der Waals surface area contributed by atoms with Crippen molar-refractivity contribution < 1.29 is 69.3 Å². The van der Waals surface area contributed by atoms with E-state index >= 15 is 0 Å². The van der Waals surface area contributed by atoms with E-state index < -0.39 is 79.5 Å². The Bertz CT molecular complexity index is 1510. The second-order valence-electron chi connectivity index (χ2n) is 19.6. The number of carbonyl (C=O) groups is 1. The predicted molar refractivity (Wildman–Crippen MR) is 192 cm³/mol. The van der Waals surface area contributed by atoms with Gasteiger partial charge in [0, 0.05) is 17.4 Å². The molecular weight excluding hydrogens is 716 g/mol. The summed E-state index contributed by atoms with van der Waals surface area (Å²) in [5.41, 5.74) is -0.218. The third kappa shape index (κ3) is 5.67. The molecule has 2 spiro atoms. The lowest BCUT2D eigenvalue weighted by Gasteiger charge is -2.63. The van der Waals surface area contributed by atoms with Crippen LogP contribution in [0.2, 0.25) is 0 Å². The molecule has 3 aliphatic heterocycles. The first-order valence-corrected chi connectivity index (χ1v) is 20.7. The summed E-state index contributed by atoms with van der Waals surface area (Å²) in [6.45, 7) is 9.76. The van der Waals surface area contributed by atoms with Crippen LogP contribution in [-0.2, 0) is 28.5 Å². The Balaban J connectivity index is 1.01. The predicted octanol–water partition coefficient (Wildman–Crippen LogP) is 0.915. The number of cyclic esters (lactones) is 1. The van der Waals surface area contributed by atoms with Gasteiger partial charge in [-0.25, -0.2) is 4.79 Å². The zero-order valence-electron chi connectivity index (χ0n) is 32.8. The van der Waals surface area contributed by atoms with Crippen LogP contribution in [0.1, 0.15) is 92.4 Å². The van der Waals surface area contributed by atoms with Crippen LogP contribution in [0, 0.1) is 50.7 Å². The number of esters is 1. The lowest BCUT2D eigenvalue weighted by atomic mass is 9.41. The molecular formula is C41H64O14. The third-order valence-electron chi connectivity index (χ3n) is 17.5. The van der Waals surface area contributed by atoms with Crippen molar-refractivity contribution in [3.63, 3.8) is 0 Å². The standard InChI is InChI=1S/C41H64O14/c1-19-6-7-23(52-34(19)50)20(2)28-21(44)14-39(5)26-9-8-25-37(3,18-43)27(10-11-40(25)17-41(26,40)13-12-38(28,39)4)54-36-33(29(46)22(45)16-51-36)55-35-32(49)31(48)30(47)24(15-42)53-35/h6,20-33,35-36,42-49H,7-18H2,1-5H3/t20-,21+,22+,23-,24-,25-,26+,27+,28+,29+,30-,31-,32+,33-,35+,36-,37-,38-,39+,40-,41+/m0/s1. The topological polar surface area (TPSA) is 225 Å². The van der Waals surface area contributed by atoms with E-state index in [1.807, 2.05) is 6.08 Å². The van der Waals surface area contributed by atoms with Gasteiger partial charge in [0.1, 0.15) is 48.8 Å². The molecule has 14 heteroatoms. The Kier molecular flexibility index (Phi) is 10.2. The van der Waals surface area contributed by atoms with Crippen molar-refractivity contribution >= 4 is 5.97 Å². The summed E-state index contributed by atoms with van der Waals surface area (Å²) >= 11 is 0. The second kappa shape index (κ2) is 13.9. The van der Waals surface area contributed by atoms with E-state index in [1.54, 1.807) is 6.92 Å². The number of rotatable bonds is 8. The molecule has 0 amide bonds. The van der Waals surface area contributed by atoms with Crippen LogP contribution in [0.25, 0.3) is 0 Å². The van der Waals surface area contributed by atoms with Crippen molar-refractivity contribution in [2.24, 2.45) is 50.7 Å². The lowest BCUT2D eigenvalue weighted by Crippen LogP contribution is -2.64. The van der Waals surface area contributed by atoms with Crippen molar-refractivity contribution in [2.45, 2.75) is 166 Å². The Labute approximate surface area is 323 Å². The summed E-state index contributed by atoms with van der Waals surface area (Å²) in [6, 6.07) is 0. The Morgan fingerprint density at radius 2 is 1.55 bits per heavy atom. The van der Waals surface area contributed by atoms with Crippen molar-refractivity contribution in [3.05, 3.63) is 11.6 Å². The van der Waals surface area contributed by atoms with E-state index in [1.165, 1.54) is 0 Å². The third-order valence-corrected chi connectivity index (χ3v) is 17.5. The van der Waals surface area contributed by atoms with Gasteiger partial charge in [-0.2, -0.15) is 0 Å². The van der Waals surface area contributed by atoms with Gasteiger partial charge in [0.15, 0.2) is 12.6 Å². The average Bonchev–Trinajstić information content (AvgIpc) is 3.77. The number of aliphatic hydroxyl groups is 8. The first-order chi connectivity index (χ1) is 25.9. The van der Waals surface area contributed by atoms with Gasteiger partial charge in [-0.3, -0.25) is 0 Å². The fourth-order valence-corrected chi connectivity index (χ4v) is 14.4. The maximum Gasteiger partial charge on any atom is 0.333 e. The number of hydrogen-bond acceptors (Lipinski definition) is 14. The fraction of sp³-hybridized carbons (Fsp3) is 0.927. The monoisotopic (exact) mass is 780 g/mol. The largest absolute Gasteiger partial charge is 0.458 e. The molecule has 5 aliphatic carbocycles. The lowest BCUT2D eigenvalue weighted by molar-refractivity contribution is -0.367. The molecule has 2 saturated heterocycles. The van der Waals surface area contributed by atoms with Crippen molar-refractivity contribution in [1.29, 1.82) is 0 Å². The number of aliphatic hydroxyl groups excluding tert-OH is 8. The molecule has 7 fully saturated rings. The molecule has 312 valence electrons. The molecule has 0 aromatic carbocycles. The molecule has 0 bridgehead atoms. The van der Waals surface area contributed by atoms with E-state index in [4.69, 9.17) is 23.7 Å². The van der Waals surface area contributed by atoms with E-state index in [-0.39, 0.29) is 64.7 Å². The van der Waals surface area contributed by atoms with Crippen molar-refractivity contribution in [3.8, 4) is 0 Å². The van der Waals surface area contributed by atoms with E-state index in [0.29, 0.717) is 30.8 Å². The minimum Gasteiger partial charge on any atom is -0.458 e. The zero-order chi connectivity index (χ0) is 39.6. The van der Waals surface area contributed by atoms with Crippen molar-refractivity contribution in [1.82, 2.24) is 0 Å². The van der Waals surface area contributed by atoms with Crippen LogP contribution in [-0.4, -0.2) is 140 Å². The van der Waals surface area contributed by atoms with Gasteiger partial charge in [-0.1, -0.05) is 33.8 Å². The fourth-order valence-electron chi connectivity index (χ4n) is 14.4. The average molecular weight is 781 g/mol. The van der Waals surface area contributed by atoms with Gasteiger partial charge in [0.05, 0.1) is 32.0 Å². The smallest absolute Gasteiger partial charge is 0.333 e. The molecule has 21 atom stereocenters. The van der Waals surface area contributed by atoms with Crippen LogP contribution in [0.15, 0.2) is 11.6 Å². The zero-order valence-corrected chi connectivity index (χ0v) is 32.8. The van der Waals surface area contributed by atoms with Gasteiger partial charge in [-0.15, -0.1) is 0 Å². The van der Waals surface area contributed by atoms with Gasteiger partial charge in [-0.05, 0) is 104 Å². The molecule has 3 heterocycles. The van der Waals surface area contributed by atoms with Crippen molar-refractivity contribution in [2.75, 3.05) is 19.8 Å². The maximum atomic E-state index is 12.5. The summed E-state index contributed by atoms with van der Waals surface area (Å²) in [5, 5.41) is 85.8. The SMILES string of the molecule is CC1=CC[C@@H]([C@H](C)[C@@H]2[C@H](O)C[C@]3(C)[C@H]4CC[C@H]5[C@](C)(CO)[C@H](O[C@@H]6OC[C@@H](O)[C@@H](O)[C@@H]6O[C@H]6O[C@@H](CO)[C@H](O)[C@H](O)[C@H]6O)CC[C@]56C[C@]46CC[C@@]23C)OC1=O. The Morgan fingerprint density at radius 1 is 0.836 bits per heavy atom. The number of fused-ring (bicyclic) bond motifs is 2. The summed E-state index contributed by atoms with van der Waals surface area (Å²) in [6.07, 6.45) is -4.78. The van der Waals surface area contributed by atoms with E-state index in [0.717, 1.165) is 38.5 Å². The number of ether oxygens (including phenoxy) is 5. The first kappa shape index (κ1) is 40.5. The summed E-state index contributed by atoms with van der Waals surface area (Å²) < 4.78 is 30.0. The van der Waals surface area contributed by atoms with Crippen LogP contribution < -0.4 is 0 Å². The molecule has 8 N–H and O–H groups in total.